The number of rotatable bonds is 1. The summed E-state index contributed by atoms with van der Waals surface area (Å²) >= 11 is 0. The minimum absolute atomic E-state index is 0.0903. The summed E-state index contributed by atoms with van der Waals surface area (Å²) in [5.41, 5.74) is 0. The molecule has 0 unspecified atom stereocenters. The molecule has 3 heteroatoms. The number of hydrogen-bond donors (Lipinski definition) is 0. The van der Waals surface area contributed by atoms with Crippen LogP contribution in [0.3, 0.4) is 0 Å². The van der Waals surface area contributed by atoms with Crippen molar-refractivity contribution in [3.05, 3.63) is 6.10 Å². The summed E-state index contributed by atoms with van der Waals surface area (Å²) in [7, 11) is 1.26. The molecule has 0 spiro atoms. The Balaban J connectivity index is 2.30. The fourth-order valence-electron chi connectivity index (χ4n) is 0.379. The molecule has 0 saturated heterocycles. The standard InChI is InChI=1S/C4H5F2O/c1-7-3-2-4(3,5)6/h2H2,1H3. The molecule has 0 aromatic carbocycles. The zero-order valence-electron chi connectivity index (χ0n) is 3.87. The van der Waals surface area contributed by atoms with Crippen molar-refractivity contribution in [3.63, 3.8) is 0 Å². The Morgan fingerprint density at radius 3 is 2.14 bits per heavy atom. The fourth-order valence-corrected chi connectivity index (χ4v) is 0.379. The monoisotopic (exact) mass is 107 g/mol. The first-order valence-corrected chi connectivity index (χ1v) is 1.95. The Hall–Kier alpha value is -0.180. The van der Waals surface area contributed by atoms with Gasteiger partial charge in [0.25, 0.3) is 5.92 Å². The summed E-state index contributed by atoms with van der Waals surface area (Å²) in [6.45, 7) is 0. The summed E-state index contributed by atoms with van der Waals surface area (Å²) < 4.78 is 27.5. The Labute approximate surface area is 40.3 Å². The van der Waals surface area contributed by atoms with Crippen molar-refractivity contribution in [1.29, 1.82) is 0 Å². The van der Waals surface area contributed by atoms with Crippen molar-refractivity contribution < 1.29 is 13.5 Å². The first kappa shape index (κ1) is 4.97. The average molecular weight is 107 g/mol. The van der Waals surface area contributed by atoms with Gasteiger partial charge >= 0.3 is 0 Å². The first-order valence-electron chi connectivity index (χ1n) is 1.95. The maximum absolute atomic E-state index is 11.6. The summed E-state index contributed by atoms with van der Waals surface area (Å²) in [5, 5.41) is 0. The maximum atomic E-state index is 11.6. The molecular weight excluding hydrogens is 102 g/mol. The topological polar surface area (TPSA) is 9.23 Å². The fraction of sp³-hybridized carbons (Fsp3) is 0.750. The Morgan fingerprint density at radius 2 is 2.14 bits per heavy atom. The Bertz CT molecular complexity index is 81.8. The van der Waals surface area contributed by atoms with E-state index >= 15 is 0 Å². The lowest BCUT2D eigenvalue weighted by Gasteiger charge is -1.88. The molecule has 41 valence electrons. The van der Waals surface area contributed by atoms with E-state index in [1.165, 1.54) is 7.11 Å². The molecule has 0 amide bonds. The predicted octanol–water partition coefficient (Wildman–Crippen LogP) is 1.20. The van der Waals surface area contributed by atoms with Crippen LogP contribution in [0.5, 0.6) is 0 Å². The van der Waals surface area contributed by atoms with E-state index in [2.05, 4.69) is 4.74 Å². The van der Waals surface area contributed by atoms with Crippen LogP contribution in [-0.2, 0) is 4.74 Å². The van der Waals surface area contributed by atoms with Crippen LogP contribution in [0.2, 0.25) is 0 Å². The summed E-state index contributed by atoms with van der Waals surface area (Å²) in [5.74, 6) is -2.59. The van der Waals surface area contributed by atoms with E-state index in [4.69, 9.17) is 0 Å². The van der Waals surface area contributed by atoms with Gasteiger partial charge in [0, 0.05) is 7.11 Å². The van der Waals surface area contributed by atoms with Gasteiger partial charge in [0.1, 0.15) is 0 Å². The van der Waals surface area contributed by atoms with E-state index in [0.29, 0.717) is 0 Å². The van der Waals surface area contributed by atoms with E-state index in [0.717, 1.165) is 0 Å². The lowest BCUT2D eigenvalue weighted by Crippen LogP contribution is -1.91. The first-order chi connectivity index (χ1) is 3.17. The molecule has 1 fully saturated rings. The van der Waals surface area contributed by atoms with Crippen molar-refractivity contribution >= 4 is 0 Å². The molecule has 1 aliphatic rings. The molecule has 0 atom stereocenters. The van der Waals surface area contributed by atoms with Crippen LogP contribution in [0, 0.1) is 6.10 Å². The van der Waals surface area contributed by atoms with E-state index < -0.39 is 5.92 Å². The number of hydrogen-bond acceptors (Lipinski definition) is 1. The largest absolute Gasteiger partial charge is 0.368 e. The number of methoxy groups -OCH3 is 1. The van der Waals surface area contributed by atoms with Gasteiger partial charge in [-0.15, -0.1) is 0 Å². The van der Waals surface area contributed by atoms with E-state index in [1.54, 1.807) is 0 Å². The van der Waals surface area contributed by atoms with E-state index in [-0.39, 0.29) is 12.5 Å². The average Bonchev–Trinajstić information content (AvgIpc) is 2.13. The summed E-state index contributed by atoms with van der Waals surface area (Å²) in [6.07, 6.45) is -0.267. The highest BCUT2D eigenvalue weighted by molar-refractivity contribution is 5.14. The van der Waals surface area contributed by atoms with Gasteiger partial charge in [-0.25, -0.2) is 8.78 Å². The van der Waals surface area contributed by atoms with Crippen LogP contribution < -0.4 is 0 Å². The molecule has 1 nitrogen and oxygen atoms in total. The van der Waals surface area contributed by atoms with Crippen LogP contribution in [0.25, 0.3) is 0 Å². The van der Waals surface area contributed by atoms with Crippen LogP contribution in [0.1, 0.15) is 6.42 Å². The van der Waals surface area contributed by atoms with Crippen LogP contribution >= 0.6 is 0 Å². The van der Waals surface area contributed by atoms with Crippen LogP contribution in [0.4, 0.5) is 8.78 Å². The molecule has 0 aliphatic heterocycles. The zero-order chi connectivity index (χ0) is 5.49. The predicted molar refractivity (Wildman–Crippen MR) is 19.8 cm³/mol. The van der Waals surface area contributed by atoms with E-state index in [1.807, 2.05) is 0 Å². The minimum atomic E-state index is -2.59. The quantitative estimate of drug-likeness (QED) is 0.489. The molecule has 7 heavy (non-hydrogen) atoms. The number of alkyl halides is 2. The van der Waals surface area contributed by atoms with Crippen molar-refractivity contribution in [2.24, 2.45) is 0 Å². The van der Waals surface area contributed by atoms with Crippen molar-refractivity contribution in [1.82, 2.24) is 0 Å². The highest BCUT2D eigenvalue weighted by Crippen LogP contribution is 2.50. The second-order valence-corrected chi connectivity index (χ2v) is 1.51. The normalized spacial score (nSPS) is 27.9. The molecular formula is C4H5F2O. The molecule has 1 aliphatic carbocycles. The lowest BCUT2D eigenvalue weighted by atomic mass is 10.8. The molecule has 1 saturated carbocycles. The highest BCUT2D eigenvalue weighted by atomic mass is 19.3. The smallest absolute Gasteiger partial charge is 0.282 e. The molecule has 1 radical (unpaired) electrons. The number of ether oxygens (including phenoxy) is 1. The second kappa shape index (κ2) is 1.15. The molecule has 0 N–H and O–H groups in total. The van der Waals surface area contributed by atoms with Gasteiger partial charge in [-0.2, -0.15) is 0 Å². The van der Waals surface area contributed by atoms with Gasteiger partial charge in [0.15, 0.2) is 6.10 Å². The third-order valence-electron chi connectivity index (χ3n) is 0.912. The van der Waals surface area contributed by atoms with Gasteiger partial charge in [-0.3, -0.25) is 0 Å². The third kappa shape index (κ3) is 0.725. The van der Waals surface area contributed by atoms with Gasteiger partial charge in [0.2, 0.25) is 0 Å². The van der Waals surface area contributed by atoms with Crippen LogP contribution in [-0.4, -0.2) is 13.0 Å². The van der Waals surface area contributed by atoms with Gasteiger partial charge < -0.3 is 4.74 Å². The molecule has 1 rings (SSSR count). The summed E-state index contributed by atoms with van der Waals surface area (Å²) in [6, 6.07) is 0. The Morgan fingerprint density at radius 1 is 1.71 bits per heavy atom. The lowest BCUT2D eigenvalue weighted by molar-refractivity contribution is 0.0801. The van der Waals surface area contributed by atoms with E-state index in [9.17, 15) is 8.78 Å². The molecule has 0 bridgehead atoms. The summed E-state index contributed by atoms with van der Waals surface area (Å²) in [4.78, 5) is 0. The Kier molecular flexibility index (Phi) is 0.819. The van der Waals surface area contributed by atoms with Gasteiger partial charge in [0.05, 0.1) is 6.42 Å². The third-order valence-corrected chi connectivity index (χ3v) is 0.912. The number of halogens is 2. The molecule has 0 heterocycles. The van der Waals surface area contributed by atoms with Crippen molar-refractivity contribution in [3.8, 4) is 0 Å². The van der Waals surface area contributed by atoms with Crippen molar-refractivity contribution in [2.75, 3.05) is 7.11 Å². The minimum Gasteiger partial charge on any atom is -0.368 e. The van der Waals surface area contributed by atoms with Gasteiger partial charge in [-0.05, 0) is 0 Å². The second-order valence-electron chi connectivity index (χ2n) is 1.51. The molecule has 0 aromatic heterocycles. The zero-order valence-corrected chi connectivity index (χ0v) is 3.87. The highest BCUT2D eigenvalue weighted by Gasteiger charge is 2.59. The van der Waals surface area contributed by atoms with Gasteiger partial charge in [-0.1, -0.05) is 0 Å². The SMILES string of the molecule is CO[C]1CC1(F)F. The van der Waals surface area contributed by atoms with Crippen LogP contribution in [0.15, 0.2) is 0 Å². The van der Waals surface area contributed by atoms with Crippen molar-refractivity contribution in [2.45, 2.75) is 12.3 Å². The molecule has 0 aromatic rings. The maximum Gasteiger partial charge on any atom is 0.282 e.